The van der Waals surface area contributed by atoms with Gasteiger partial charge in [-0.25, -0.2) is 0 Å². The molecule has 0 aliphatic carbocycles. The third-order valence-corrected chi connectivity index (χ3v) is 4.09. The second-order valence-corrected chi connectivity index (χ2v) is 5.52. The number of unbranched alkanes of at least 4 members (excludes halogenated alkanes) is 2. The van der Waals surface area contributed by atoms with Gasteiger partial charge >= 0.3 is 0 Å². The van der Waals surface area contributed by atoms with Gasteiger partial charge in [-0.2, -0.15) is 0 Å². The quantitative estimate of drug-likeness (QED) is 0.758. The SMILES string of the molecule is CCNCCCCCN1CCc2ccccc2CC1. The third-order valence-electron chi connectivity index (χ3n) is 4.09. The van der Waals surface area contributed by atoms with Crippen LogP contribution in [0.15, 0.2) is 24.3 Å². The fraction of sp³-hybridized carbons (Fsp3) is 0.647. The summed E-state index contributed by atoms with van der Waals surface area (Å²) < 4.78 is 0. The maximum atomic E-state index is 3.39. The number of benzene rings is 1. The Bertz CT molecular complexity index is 335. The molecule has 0 aromatic heterocycles. The summed E-state index contributed by atoms with van der Waals surface area (Å²) in [7, 11) is 0. The zero-order valence-corrected chi connectivity index (χ0v) is 12.3. The average Bonchev–Trinajstić information content (AvgIpc) is 2.65. The zero-order chi connectivity index (χ0) is 13.3. The van der Waals surface area contributed by atoms with Crippen LogP contribution in [0.3, 0.4) is 0 Å². The Morgan fingerprint density at radius 1 is 1.00 bits per heavy atom. The van der Waals surface area contributed by atoms with Gasteiger partial charge in [-0.05, 0) is 56.4 Å². The van der Waals surface area contributed by atoms with Crippen LogP contribution in [0.2, 0.25) is 0 Å². The highest BCUT2D eigenvalue weighted by Gasteiger charge is 2.12. The molecular formula is C17H28N2. The summed E-state index contributed by atoms with van der Waals surface area (Å²) in [5, 5.41) is 3.39. The van der Waals surface area contributed by atoms with Gasteiger partial charge in [0.15, 0.2) is 0 Å². The number of hydrogen-bond donors (Lipinski definition) is 1. The lowest BCUT2D eigenvalue weighted by Gasteiger charge is -2.19. The summed E-state index contributed by atoms with van der Waals surface area (Å²) >= 11 is 0. The molecule has 0 unspecified atom stereocenters. The van der Waals surface area contributed by atoms with Gasteiger partial charge in [-0.1, -0.05) is 37.6 Å². The molecule has 0 saturated carbocycles. The molecule has 1 aliphatic heterocycles. The molecule has 0 amide bonds. The summed E-state index contributed by atoms with van der Waals surface area (Å²) in [5.74, 6) is 0. The smallest absolute Gasteiger partial charge is 0.00221 e. The number of hydrogen-bond acceptors (Lipinski definition) is 2. The van der Waals surface area contributed by atoms with Crippen LogP contribution in [0.25, 0.3) is 0 Å². The standard InChI is InChI=1S/C17H28N2/c1-2-18-12-6-3-7-13-19-14-10-16-8-4-5-9-17(16)11-15-19/h4-5,8-9,18H,2-3,6-7,10-15H2,1H3. The first kappa shape index (κ1) is 14.5. The Hall–Kier alpha value is -0.860. The van der Waals surface area contributed by atoms with E-state index in [9.17, 15) is 0 Å². The van der Waals surface area contributed by atoms with Crippen LogP contribution in [0, 0.1) is 0 Å². The molecule has 0 atom stereocenters. The minimum Gasteiger partial charge on any atom is -0.317 e. The van der Waals surface area contributed by atoms with Crippen LogP contribution < -0.4 is 5.32 Å². The highest BCUT2D eigenvalue weighted by molar-refractivity contribution is 5.28. The first-order valence-electron chi connectivity index (χ1n) is 7.90. The van der Waals surface area contributed by atoms with Crippen molar-refractivity contribution in [1.82, 2.24) is 10.2 Å². The molecule has 1 N–H and O–H groups in total. The second-order valence-electron chi connectivity index (χ2n) is 5.52. The zero-order valence-electron chi connectivity index (χ0n) is 12.3. The van der Waals surface area contributed by atoms with E-state index >= 15 is 0 Å². The van der Waals surface area contributed by atoms with E-state index in [1.54, 1.807) is 11.1 Å². The summed E-state index contributed by atoms with van der Waals surface area (Å²) in [6.45, 7) is 8.22. The molecule has 0 bridgehead atoms. The maximum Gasteiger partial charge on any atom is 0.00221 e. The monoisotopic (exact) mass is 260 g/mol. The van der Waals surface area contributed by atoms with E-state index in [2.05, 4.69) is 41.4 Å². The molecule has 1 aliphatic rings. The molecule has 19 heavy (non-hydrogen) atoms. The maximum absolute atomic E-state index is 3.39. The van der Waals surface area contributed by atoms with Crippen LogP contribution >= 0.6 is 0 Å². The Morgan fingerprint density at radius 3 is 2.32 bits per heavy atom. The fourth-order valence-electron chi connectivity index (χ4n) is 2.88. The van der Waals surface area contributed by atoms with E-state index in [0.717, 1.165) is 6.54 Å². The van der Waals surface area contributed by atoms with Crippen molar-refractivity contribution in [3.8, 4) is 0 Å². The first-order chi connectivity index (χ1) is 9.40. The van der Waals surface area contributed by atoms with Gasteiger partial charge in [0.1, 0.15) is 0 Å². The van der Waals surface area contributed by atoms with Gasteiger partial charge in [-0.15, -0.1) is 0 Å². The highest BCUT2D eigenvalue weighted by atomic mass is 15.1. The first-order valence-corrected chi connectivity index (χ1v) is 7.90. The molecule has 2 heteroatoms. The molecule has 2 rings (SSSR count). The predicted octanol–water partition coefficient (Wildman–Crippen LogP) is 2.87. The fourth-order valence-corrected chi connectivity index (χ4v) is 2.88. The van der Waals surface area contributed by atoms with E-state index in [-0.39, 0.29) is 0 Å². The Kier molecular flexibility index (Phi) is 6.38. The molecular weight excluding hydrogens is 232 g/mol. The summed E-state index contributed by atoms with van der Waals surface area (Å²) in [6.07, 6.45) is 6.49. The minimum atomic E-state index is 1.10. The van der Waals surface area contributed by atoms with Gasteiger partial charge in [0, 0.05) is 13.1 Å². The van der Waals surface area contributed by atoms with Crippen molar-refractivity contribution in [3.05, 3.63) is 35.4 Å². The van der Waals surface area contributed by atoms with Gasteiger partial charge in [0.2, 0.25) is 0 Å². The summed E-state index contributed by atoms with van der Waals surface area (Å²) in [4.78, 5) is 2.65. The Morgan fingerprint density at radius 2 is 1.68 bits per heavy atom. The number of nitrogens with zero attached hydrogens (tertiary/aromatic N) is 1. The van der Waals surface area contributed by atoms with Gasteiger partial charge in [-0.3, -0.25) is 0 Å². The van der Waals surface area contributed by atoms with Crippen molar-refractivity contribution in [2.75, 3.05) is 32.7 Å². The topological polar surface area (TPSA) is 15.3 Å². The van der Waals surface area contributed by atoms with Crippen molar-refractivity contribution in [1.29, 1.82) is 0 Å². The lowest BCUT2D eigenvalue weighted by Crippen LogP contribution is -2.27. The van der Waals surface area contributed by atoms with Crippen molar-refractivity contribution in [2.24, 2.45) is 0 Å². The van der Waals surface area contributed by atoms with Gasteiger partial charge < -0.3 is 10.2 Å². The molecule has 1 heterocycles. The summed E-state index contributed by atoms with van der Waals surface area (Å²) in [5.41, 5.74) is 3.13. The largest absolute Gasteiger partial charge is 0.317 e. The van der Waals surface area contributed by atoms with Gasteiger partial charge in [0.25, 0.3) is 0 Å². The second kappa shape index (κ2) is 8.34. The molecule has 106 valence electrons. The predicted molar refractivity (Wildman–Crippen MR) is 82.7 cm³/mol. The normalized spacial score (nSPS) is 16.1. The van der Waals surface area contributed by atoms with E-state index in [1.165, 1.54) is 58.3 Å². The van der Waals surface area contributed by atoms with Crippen LogP contribution in [-0.4, -0.2) is 37.6 Å². The third kappa shape index (κ3) is 4.96. The Labute approximate surface area is 118 Å². The van der Waals surface area contributed by atoms with E-state index in [4.69, 9.17) is 0 Å². The van der Waals surface area contributed by atoms with E-state index < -0.39 is 0 Å². The summed E-state index contributed by atoms with van der Waals surface area (Å²) in [6, 6.07) is 8.95. The van der Waals surface area contributed by atoms with Crippen LogP contribution in [0.4, 0.5) is 0 Å². The molecule has 0 saturated heterocycles. The Balaban J connectivity index is 1.65. The molecule has 0 radical (unpaired) electrons. The van der Waals surface area contributed by atoms with Crippen molar-refractivity contribution >= 4 is 0 Å². The average molecular weight is 260 g/mol. The molecule has 0 spiro atoms. The van der Waals surface area contributed by atoms with E-state index in [0.29, 0.717) is 0 Å². The lowest BCUT2D eigenvalue weighted by molar-refractivity contribution is 0.280. The lowest BCUT2D eigenvalue weighted by atomic mass is 10.0. The number of nitrogens with one attached hydrogen (secondary N) is 1. The van der Waals surface area contributed by atoms with Crippen molar-refractivity contribution < 1.29 is 0 Å². The van der Waals surface area contributed by atoms with Crippen molar-refractivity contribution in [2.45, 2.75) is 39.0 Å². The number of rotatable bonds is 7. The van der Waals surface area contributed by atoms with E-state index in [1.807, 2.05) is 0 Å². The molecule has 1 aromatic rings. The van der Waals surface area contributed by atoms with Crippen LogP contribution in [0.1, 0.15) is 37.3 Å². The van der Waals surface area contributed by atoms with Gasteiger partial charge in [0.05, 0.1) is 0 Å². The number of fused-ring (bicyclic) bond motifs is 1. The van der Waals surface area contributed by atoms with Crippen molar-refractivity contribution in [3.63, 3.8) is 0 Å². The minimum absolute atomic E-state index is 1.10. The van der Waals surface area contributed by atoms with Crippen LogP contribution in [0.5, 0.6) is 0 Å². The highest BCUT2D eigenvalue weighted by Crippen LogP contribution is 2.15. The molecule has 1 aromatic carbocycles. The molecule has 2 nitrogen and oxygen atoms in total. The molecule has 0 fully saturated rings. The van der Waals surface area contributed by atoms with Crippen LogP contribution in [-0.2, 0) is 12.8 Å².